The van der Waals surface area contributed by atoms with Crippen molar-refractivity contribution in [3.05, 3.63) is 60.4 Å². The van der Waals surface area contributed by atoms with Gasteiger partial charge in [-0.25, -0.2) is 19.6 Å². The average molecular weight is 696 g/mol. The predicted octanol–water partition coefficient (Wildman–Crippen LogP) is 4.92. The number of imidazole rings is 2. The molecule has 3 aromatic heterocycles. The molecule has 0 saturated carbocycles. The lowest BCUT2D eigenvalue weighted by molar-refractivity contribution is -0.134. The number of ether oxygens (including phenoxy) is 2. The SMILES string of the molecule is COC(=O)N[C@@H](C)C(=O)N1CCC[C@H]1c1ncc(-c2ccc3c(c2)[nH]c2cc(-c4cnc([C@@H]5CCCN5C(=O)[C@H](C)NC(=O)OC)[nH]4)ccc23)[nH]1. The average Bonchev–Trinajstić information content (AvgIpc) is 3.98. The van der Waals surface area contributed by atoms with Crippen molar-refractivity contribution >= 4 is 45.8 Å². The first-order valence-corrected chi connectivity index (χ1v) is 17.1. The summed E-state index contributed by atoms with van der Waals surface area (Å²) in [6, 6.07) is 10.6. The van der Waals surface area contributed by atoms with Gasteiger partial charge in [0, 0.05) is 46.0 Å². The lowest BCUT2D eigenvalue weighted by atomic mass is 10.1. The molecule has 2 aromatic carbocycles. The first-order chi connectivity index (χ1) is 24.6. The van der Waals surface area contributed by atoms with Gasteiger partial charge < -0.3 is 44.9 Å². The lowest BCUT2D eigenvalue weighted by Crippen LogP contribution is -2.46. The zero-order valence-electron chi connectivity index (χ0n) is 28.9. The minimum absolute atomic E-state index is 0.179. The van der Waals surface area contributed by atoms with E-state index >= 15 is 0 Å². The van der Waals surface area contributed by atoms with E-state index in [1.54, 1.807) is 36.0 Å². The number of rotatable bonds is 8. The van der Waals surface area contributed by atoms with Gasteiger partial charge in [-0.05, 0) is 51.7 Å². The summed E-state index contributed by atoms with van der Waals surface area (Å²) >= 11 is 0. The number of aromatic nitrogens is 5. The highest BCUT2D eigenvalue weighted by atomic mass is 16.5. The topological polar surface area (TPSA) is 190 Å². The van der Waals surface area contributed by atoms with E-state index in [0.29, 0.717) is 24.7 Å². The van der Waals surface area contributed by atoms with Crippen LogP contribution in [0.3, 0.4) is 0 Å². The monoisotopic (exact) mass is 695 g/mol. The van der Waals surface area contributed by atoms with Gasteiger partial charge in [0.2, 0.25) is 11.8 Å². The zero-order valence-corrected chi connectivity index (χ0v) is 28.9. The predicted molar refractivity (Wildman–Crippen MR) is 188 cm³/mol. The number of aromatic amines is 3. The third-order valence-corrected chi connectivity index (χ3v) is 9.89. The lowest BCUT2D eigenvalue weighted by Gasteiger charge is -2.26. The van der Waals surface area contributed by atoms with Crippen LogP contribution in [0.15, 0.2) is 48.8 Å². The molecule has 2 saturated heterocycles. The number of nitrogens with one attached hydrogen (secondary N) is 5. The van der Waals surface area contributed by atoms with E-state index in [-0.39, 0.29) is 23.9 Å². The fraction of sp³-hybridized carbons (Fsp3) is 0.389. The third-order valence-electron chi connectivity index (χ3n) is 9.89. The molecule has 0 radical (unpaired) electrons. The molecule has 0 bridgehead atoms. The highest BCUT2D eigenvalue weighted by Crippen LogP contribution is 2.36. The molecule has 5 N–H and O–H groups in total. The molecule has 7 rings (SSSR count). The number of alkyl carbamates (subject to hydrolysis) is 2. The molecule has 4 amide bonds. The molecule has 0 aliphatic carbocycles. The van der Waals surface area contributed by atoms with Crippen LogP contribution < -0.4 is 10.6 Å². The number of hydrogen-bond acceptors (Lipinski definition) is 8. The van der Waals surface area contributed by atoms with Gasteiger partial charge in [0.1, 0.15) is 23.7 Å². The van der Waals surface area contributed by atoms with Crippen molar-refractivity contribution in [3.63, 3.8) is 0 Å². The van der Waals surface area contributed by atoms with Gasteiger partial charge in [-0.1, -0.05) is 24.3 Å². The van der Waals surface area contributed by atoms with Gasteiger partial charge in [0.15, 0.2) is 0 Å². The molecule has 5 heterocycles. The molecule has 2 aliphatic heterocycles. The fourth-order valence-corrected chi connectivity index (χ4v) is 7.27. The maximum absolute atomic E-state index is 13.1. The Labute approximate surface area is 293 Å². The summed E-state index contributed by atoms with van der Waals surface area (Å²) in [5.74, 6) is 1.06. The minimum Gasteiger partial charge on any atom is -0.453 e. The van der Waals surface area contributed by atoms with Crippen molar-refractivity contribution in [1.29, 1.82) is 0 Å². The van der Waals surface area contributed by atoms with Gasteiger partial charge in [-0.15, -0.1) is 0 Å². The number of methoxy groups -OCH3 is 2. The summed E-state index contributed by atoms with van der Waals surface area (Å²) in [5.41, 5.74) is 5.52. The van der Waals surface area contributed by atoms with Crippen LogP contribution in [0.4, 0.5) is 9.59 Å². The number of amides is 4. The number of hydrogen-bond donors (Lipinski definition) is 5. The van der Waals surface area contributed by atoms with Gasteiger partial charge in [-0.2, -0.15) is 0 Å². The molecule has 2 fully saturated rings. The maximum atomic E-state index is 13.1. The molecule has 5 aromatic rings. The van der Waals surface area contributed by atoms with Crippen LogP contribution in [-0.2, 0) is 19.1 Å². The Bertz CT molecular complexity index is 1970. The van der Waals surface area contributed by atoms with Gasteiger partial charge in [0.05, 0.1) is 50.1 Å². The van der Waals surface area contributed by atoms with Crippen molar-refractivity contribution in [1.82, 2.24) is 45.4 Å². The van der Waals surface area contributed by atoms with Crippen LogP contribution in [0.2, 0.25) is 0 Å². The van der Waals surface area contributed by atoms with Crippen molar-refractivity contribution < 1.29 is 28.7 Å². The summed E-state index contributed by atoms with van der Waals surface area (Å²) < 4.78 is 9.30. The number of carbonyl (C=O) groups is 4. The van der Waals surface area contributed by atoms with E-state index < -0.39 is 24.3 Å². The third kappa shape index (κ3) is 6.46. The van der Waals surface area contributed by atoms with E-state index in [9.17, 15) is 19.2 Å². The van der Waals surface area contributed by atoms with Crippen molar-refractivity contribution in [2.24, 2.45) is 0 Å². The van der Waals surface area contributed by atoms with Gasteiger partial charge in [-0.3, -0.25) is 9.59 Å². The van der Waals surface area contributed by atoms with Crippen LogP contribution in [0.5, 0.6) is 0 Å². The summed E-state index contributed by atoms with van der Waals surface area (Å²) in [5, 5.41) is 7.28. The van der Waals surface area contributed by atoms with E-state index in [1.165, 1.54) is 14.2 Å². The van der Waals surface area contributed by atoms with Gasteiger partial charge in [0.25, 0.3) is 0 Å². The highest BCUT2D eigenvalue weighted by Gasteiger charge is 2.36. The molecule has 15 heteroatoms. The number of nitrogens with zero attached hydrogens (tertiary/aromatic N) is 4. The van der Waals surface area contributed by atoms with Crippen LogP contribution in [-0.4, -0.2) is 98.1 Å². The largest absolute Gasteiger partial charge is 0.453 e. The summed E-state index contributed by atoms with van der Waals surface area (Å²) in [7, 11) is 2.54. The second-order valence-corrected chi connectivity index (χ2v) is 13.1. The number of fused-ring (bicyclic) bond motifs is 3. The first kappa shape index (κ1) is 33.6. The number of carbonyl (C=O) groups excluding carboxylic acids is 4. The van der Waals surface area contributed by atoms with Crippen molar-refractivity contribution in [2.45, 2.75) is 63.7 Å². The molecular weight excluding hydrogens is 654 g/mol. The molecular formula is C36H41N9O6. The van der Waals surface area contributed by atoms with Crippen LogP contribution in [0.25, 0.3) is 44.3 Å². The minimum atomic E-state index is -0.715. The van der Waals surface area contributed by atoms with E-state index in [1.807, 2.05) is 0 Å². The second-order valence-electron chi connectivity index (χ2n) is 13.1. The number of H-pyrrole nitrogens is 3. The van der Waals surface area contributed by atoms with Crippen LogP contribution >= 0.6 is 0 Å². The standard InChI is InChI=1S/C36H41N9O6/c1-19(39-35(48)50-3)33(46)44-13-5-7-29(44)31-37-17-27(42-31)21-9-11-23-24-12-10-22(16-26(24)41-25(23)15-21)28-18-38-32(43-28)30-8-6-14-45(30)34(47)20(2)40-36(49)51-4/h9-12,15-20,29-30,41H,5-8,13-14H2,1-4H3,(H,37,42)(H,38,43)(H,39,48)(H,40,49)/t19-,20-,29-,30-/m0/s1. The molecule has 15 nitrogen and oxygen atoms in total. The van der Waals surface area contributed by atoms with Crippen LogP contribution in [0, 0.1) is 0 Å². The molecule has 4 atom stereocenters. The number of likely N-dealkylation sites (tertiary alicyclic amines) is 2. The molecule has 0 spiro atoms. The van der Waals surface area contributed by atoms with E-state index in [4.69, 9.17) is 0 Å². The first-order valence-electron chi connectivity index (χ1n) is 17.1. The molecule has 51 heavy (non-hydrogen) atoms. The quantitative estimate of drug-likeness (QED) is 0.151. The Morgan fingerprint density at radius 3 is 1.55 bits per heavy atom. The number of benzene rings is 2. The Balaban J connectivity index is 1.08. The molecule has 0 unspecified atom stereocenters. The second kappa shape index (κ2) is 13.8. The Kier molecular flexibility index (Phi) is 9.10. The van der Waals surface area contributed by atoms with E-state index in [2.05, 4.69) is 81.4 Å². The van der Waals surface area contributed by atoms with Gasteiger partial charge >= 0.3 is 12.2 Å². The summed E-state index contributed by atoms with van der Waals surface area (Å²) in [6.45, 7) is 4.47. The molecule has 2 aliphatic rings. The Hall–Kier alpha value is -5.86. The molecule has 266 valence electrons. The summed E-state index contributed by atoms with van der Waals surface area (Å²) in [4.78, 5) is 72.9. The highest BCUT2D eigenvalue weighted by molar-refractivity contribution is 6.09. The summed E-state index contributed by atoms with van der Waals surface area (Å²) in [6.07, 6.45) is 5.53. The van der Waals surface area contributed by atoms with Crippen molar-refractivity contribution in [3.8, 4) is 22.5 Å². The smallest absolute Gasteiger partial charge is 0.407 e. The zero-order chi connectivity index (χ0) is 35.8. The Morgan fingerprint density at radius 2 is 1.14 bits per heavy atom. The van der Waals surface area contributed by atoms with E-state index in [0.717, 1.165) is 70.0 Å². The maximum Gasteiger partial charge on any atom is 0.407 e. The Morgan fingerprint density at radius 1 is 0.706 bits per heavy atom. The van der Waals surface area contributed by atoms with Crippen LogP contribution in [0.1, 0.15) is 63.3 Å². The normalized spacial score (nSPS) is 18.6. The fourth-order valence-electron chi connectivity index (χ4n) is 7.27. The van der Waals surface area contributed by atoms with Crippen molar-refractivity contribution in [2.75, 3.05) is 27.3 Å².